The van der Waals surface area contributed by atoms with Crippen molar-refractivity contribution in [3.8, 4) is 0 Å². The lowest BCUT2D eigenvalue weighted by molar-refractivity contribution is 0.0737. The predicted octanol–water partition coefficient (Wildman–Crippen LogP) is 1.18. The van der Waals surface area contributed by atoms with Gasteiger partial charge in [-0.1, -0.05) is 0 Å². The van der Waals surface area contributed by atoms with Gasteiger partial charge in [0.25, 0.3) is 5.91 Å². The zero-order valence-corrected chi connectivity index (χ0v) is 9.30. The monoisotopic (exact) mass is 222 g/mol. The lowest BCUT2D eigenvalue weighted by atomic mass is 10.1. The highest BCUT2D eigenvalue weighted by Crippen LogP contribution is 2.28. The van der Waals surface area contributed by atoms with Crippen LogP contribution in [0.4, 0.5) is 0 Å². The number of nitrogens with zero attached hydrogens (tertiary/aromatic N) is 1. The fraction of sp³-hybridized carbons (Fsp3) is 0.545. The van der Waals surface area contributed by atoms with Gasteiger partial charge in [-0.25, -0.2) is 0 Å². The van der Waals surface area contributed by atoms with Crippen LogP contribution in [-0.4, -0.2) is 36.5 Å². The Labute approximate surface area is 93.1 Å². The van der Waals surface area contributed by atoms with Gasteiger partial charge in [0, 0.05) is 31.1 Å². The van der Waals surface area contributed by atoms with Crippen molar-refractivity contribution in [1.29, 1.82) is 0 Å². The van der Waals surface area contributed by atoms with E-state index in [9.17, 15) is 4.79 Å². The highest BCUT2D eigenvalue weighted by atomic mass is 32.1. The van der Waals surface area contributed by atoms with Crippen LogP contribution in [0.2, 0.25) is 0 Å². The van der Waals surface area contributed by atoms with Gasteiger partial charge in [-0.15, -0.1) is 0 Å². The molecule has 2 saturated heterocycles. The molecule has 0 aromatic carbocycles. The number of hydrogen-bond acceptors (Lipinski definition) is 3. The van der Waals surface area contributed by atoms with Crippen LogP contribution in [0.25, 0.3) is 0 Å². The Morgan fingerprint density at radius 2 is 2.47 bits per heavy atom. The zero-order chi connectivity index (χ0) is 10.3. The van der Waals surface area contributed by atoms with E-state index >= 15 is 0 Å². The van der Waals surface area contributed by atoms with E-state index in [2.05, 4.69) is 5.32 Å². The van der Waals surface area contributed by atoms with Crippen molar-refractivity contribution < 1.29 is 4.79 Å². The second-order valence-electron chi connectivity index (χ2n) is 4.28. The van der Waals surface area contributed by atoms with Crippen LogP contribution in [0, 0.1) is 5.92 Å². The Kier molecular flexibility index (Phi) is 2.25. The van der Waals surface area contributed by atoms with Gasteiger partial charge in [0.1, 0.15) is 0 Å². The van der Waals surface area contributed by atoms with Gasteiger partial charge in [0.15, 0.2) is 0 Å². The summed E-state index contributed by atoms with van der Waals surface area (Å²) < 4.78 is 0. The molecule has 2 fully saturated rings. The van der Waals surface area contributed by atoms with E-state index in [1.165, 1.54) is 0 Å². The number of nitrogens with one attached hydrogen (secondary N) is 1. The Balaban J connectivity index is 1.80. The lowest BCUT2D eigenvalue weighted by Crippen LogP contribution is -2.38. The van der Waals surface area contributed by atoms with Gasteiger partial charge in [-0.2, -0.15) is 11.3 Å². The molecule has 0 bridgehead atoms. The van der Waals surface area contributed by atoms with Crippen LogP contribution in [0.1, 0.15) is 16.8 Å². The average molecular weight is 222 g/mol. The minimum absolute atomic E-state index is 0.215. The molecule has 0 saturated carbocycles. The van der Waals surface area contributed by atoms with Crippen LogP contribution in [-0.2, 0) is 0 Å². The molecule has 15 heavy (non-hydrogen) atoms. The Bertz CT molecular complexity index is 363. The van der Waals surface area contributed by atoms with Gasteiger partial charge in [-0.05, 0) is 23.8 Å². The molecule has 1 aromatic rings. The summed E-state index contributed by atoms with van der Waals surface area (Å²) in [5.41, 5.74) is 0.854. The molecule has 0 unspecified atom stereocenters. The first kappa shape index (κ1) is 9.36. The molecule has 2 aliphatic rings. The third-order valence-corrected chi connectivity index (χ3v) is 4.16. The Morgan fingerprint density at radius 3 is 3.27 bits per heavy atom. The standard InChI is InChI=1S/C11H14N2OS/c14-11(9-2-4-15-7-9)13-3-1-8-5-12-6-10(8)13/h2,4,7-8,10,12H,1,3,5-6H2/t8-,10+/m0/s1. The predicted molar refractivity (Wildman–Crippen MR) is 60.1 cm³/mol. The van der Waals surface area contributed by atoms with Gasteiger partial charge in [-0.3, -0.25) is 4.79 Å². The van der Waals surface area contributed by atoms with Gasteiger partial charge in [0.2, 0.25) is 0 Å². The van der Waals surface area contributed by atoms with Crippen molar-refractivity contribution in [2.45, 2.75) is 12.5 Å². The third kappa shape index (κ3) is 1.48. The molecule has 1 amide bonds. The van der Waals surface area contributed by atoms with Crippen molar-refractivity contribution in [1.82, 2.24) is 10.2 Å². The second kappa shape index (κ2) is 3.61. The van der Waals surface area contributed by atoms with Gasteiger partial charge in [0.05, 0.1) is 5.56 Å². The molecular formula is C11H14N2OS. The maximum atomic E-state index is 12.2. The molecule has 80 valence electrons. The topological polar surface area (TPSA) is 32.3 Å². The number of likely N-dealkylation sites (tertiary alicyclic amines) is 1. The molecule has 0 aliphatic carbocycles. The van der Waals surface area contributed by atoms with E-state index in [1.807, 2.05) is 21.7 Å². The highest BCUT2D eigenvalue weighted by molar-refractivity contribution is 7.08. The summed E-state index contributed by atoms with van der Waals surface area (Å²) in [5.74, 6) is 0.903. The molecule has 3 nitrogen and oxygen atoms in total. The van der Waals surface area contributed by atoms with E-state index in [1.54, 1.807) is 11.3 Å². The van der Waals surface area contributed by atoms with Crippen molar-refractivity contribution in [3.05, 3.63) is 22.4 Å². The highest BCUT2D eigenvalue weighted by Gasteiger charge is 2.39. The number of carbonyl (C=O) groups excluding carboxylic acids is 1. The second-order valence-corrected chi connectivity index (χ2v) is 5.06. The molecule has 0 spiro atoms. The fourth-order valence-electron chi connectivity index (χ4n) is 2.65. The third-order valence-electron chi connectivity index (χ3n) is 3.47. The van der Waals surface area contributed by atoms with E-state index in [-0.39, 0.29) is 5.91 Å². The van der Waals surface area contributed by atoms with Crippen LogP contribution in [0.5, 0.6) is 0 Å². The van der Waals surface area contributed by atoms with Gasteiger partial charge >= 0.3 is 0 Å². The van der Waals surface area contributed by atoms with Gasteiger partial charge < -0.3 is 10.2 Å². The maximum Gasteiger partial charge on any atom is 0.255 e. The first-order valence-electron chi connectivity index (χ1n) is 5.40. The van der Waals surface area contributed by atoms with Crippen LogP contribution in [0.3, 0.4) is 0 Å². The summed E-state index contributed by atoms with van der Waals surface area (Å²) in [6.45, 7) is 2.99. The SMILES string of the molecule is O=C(c1ccsc1)N1CC[C@H]2CNC[C@H]21. The van der Waals surface area contributed by atoms with Crippen molar-refractivity contribution in [2.24, 2.45) is 5.92 Å². The first-order valence-corrected chi connectivity index (χ1v) is 6.34. The zero-order valence-electron chi connectivity index (χ0n) is 8.48. The van der Waals surface area contributed by atoms with Crippen LogP contribution in [0.15, 0.2) is 16.8 Å². The maximum absolute atomic E-state index is 12.2. The van der Waals surface area contributed by atoms with Crippen molar-refractivity contribution in [3.63, 3.8) is 0 Å². The minimum atomic E-state index is 0.215. The smallest absolute Gasteiger partial charge is 0.255 e. The number of rotatable bonds is 1. The summed E-state index contributed by atoms with van der Waals surface area (Å²) in [6.07, 6.45) is 1.16. The fourth-order valence-corrected chi connectivity index (χ4v) is 3.28. The summed E-state index contributed by atoms with van der Waals surface area (Å²) in [7, 11) is 0. The first-order chi connectivity index (χ1) is 7.36. The molecule has 3 rings (SSSR count). The molecule has 3 heterocycles. The van der Waals surface area contributed by atoms with E-state index in [4.69, 9.17) is 0 Å². The largest absolute Gasteiger partial charge is 0.334 e. The number of thiophene rings is 1. The molecule has 0 radical (unpaired) electrons. The molecule has 1 N–H and O–H groups in total. The summed E-state index contributed by atoms with van der Waals surface area (Å²) in [5, 5.41) is 7.27. The summed E-state index contributed by atoms with van der Waals surface area (Å²) >= 11 is 1.59. The molecule has 2 atom stereocenters. The average Bonchev–Trinajstić information content (AvgIpc) is 2.94. The van der Waals surface area contributed by atoms with E-state index < -0.39 is 0 Å². The minimum Gasteiger partial charge on any atom is -0.334 e. The molecule has 4 heteroatoms. The van der Waals surface area contributed by atoms with E-state index in [0.29, 0.717) is 12.0 Å². The molecule has 1 aromatic heterocycles. The number of fused-ring (bicyclic) bond motifs is 1. The molecule has 2 aliphatic heterocycles. The quantitative estimate of drug-likeness (QED) is 0.774. The summed E-state index contributed by atoms with van der Waals surface area (Å²) in [4.78, 5) is 14.2. The molecular weight excluding hydrogens is 208 g/mol. The van der Waals surface area contributed by atoms with E-state index in [0.717, 1.165) is 31.6 Å². The Hall–Kier alpha value is -0.870. The van der Waals surface area contributed by atoms with Crippen LogP contribution >= 0.6 is 11.3 Å². The number of amides is 1. The summed E-state index contributed by atoms with van der Waals surface area (Å²) in [6, 6.07) is 2.36. The normalized spacial score (nSPS) is 29.5. The lowest BCUT2D eigenvalue weighted by Gasteiger charge is -2.22. The van der Waals surface area contributed by atoms with Crippen molar-refractivity contribution >= 4 is 17.2 Å². The van der Waals surface area contributed by atoms with Crippen molar-refractivity contribution in [2.75, 3.05) is 19.6 Å². The Morgan fingerprint density at radius 1 is 1.53 bits per heavy atom. The number of carbonyl (C=O) groups is 1. The number of hydrogen-bond donors (Lipinski definition) is 1. The van der Waals surface area contributed by atoms with Crippen LogP contribution < -0.4 is 5.32 Å².